The molecule has 8 nitrogen and oxygen atoms in total. The molecule has 0 aliphatic carbocycles. The highest BCUT2D eigenvalue weighted by molar-refractivity contribution is 5.93. The number of anilines is 1. The van der Waals surface area contributed by atoms with Gasteiger partial charge in [-0.15, -0.1) is 0 Å². The predicted octanol–water partition coefficient (Wildman–Crippen LogP) is 4.17. The van der Waals surface area contributed by atoms with E-state index >= 15 is 0 Å². The van der Waals surface area contributed by atoms with E-state index in [9.17, 15) is 4.79 Å². The molecule has 2 heterocycles. The number of para-hydroxylation sites is 1. The lowest BCUT2D eigenvalue weighted by atomic mass is 9.96. The number of hydrogen-bond donors (Lipinski definition) is 1. The van der Waals surface area contributed by atoms with Crippen molar-refractivity contribution in [2.24, 2.45) is 5.92 Å². The maximum Gasteiger partial charge on any atom is 0.241 e. The zero-order valence-electron chi connectivity index (χ0n) is 19.3. The van der Waals surface area contributed by atoms with E-state index < -0.39 is 0 Å². The number of carbonyl (C=O) groups excluding carboxylic acids is 1. The Morgan fingerprint density at radius 1 is 1.18 bits per heavy atom. The van der Waals surface area contributed by atoms with Crippen LogP contribution in [0.25, 0.3) is 11.4 Å². The van der Waals surface area contributed by atoms with Crippen LogP contribution in [0, 0.1) is 5.92 Å². The Balaban J connectivity index is 1.39. The largest absolute Gasteiger partial charge is 0.493 e. The van der Waals surface area contributed by atoms with Crippen molar-refractivity contribution in [1.29, 1.82) is 0 Å². The average molecular weight is 451 g/mol. The molecule has 8 heteroatoms. The summed E-state index contributed by atoms with van der Waals surface area (Å²) in [6.45, 7) is 4.15. The number of rotatable bonds is 8. The van der Waals surface area contributed by atoms with Gasteiger partial charge in [0.2, 0.25) is 17.6 Å². The molecular formula is C25H30N4O4. The normalized spacial score (nSPS) is 16.4. The Morgan fingerprint density at radius 3 is 2.79 bits per heavy atom. The molecule has 174 valence electrons. The molecule has 0 radical (unpaired) electrons. The van der Waals surface area contributed by atoms with Crippen LogP contribution in [0.4, 0.5) is 5.69 Å². The van der Waals surface area contributed by atoms with Gasteiger partial charge in [-0.1, -0.05) is 30.3 Å². The molecule has 0 bridgehead atoms. The number of likely N-dealkylation sites (tertiary alicyclic amines) is 1. The molecule has 1 saturated heterocycles. The van der Waals surface area contributed by atoms with Crippen LogP contribution in [0.3, 0.4) is 0 Å². The first-order valence-corrected chi connectivity index (χ1v) is 11.3. The summed E-state index contributed by atoms with van der Waals surface area (Å²) in [6, 6.07) is 13.5. The highest BCUT2D eigenvalue weighted by Crippen LogP contribution is 2.31. The van der Waals surface area contributed by atoms with Gasteiger partial charge in [0.25, 0.3) is 0 Å². The van der Waals surface area contributed by atoms with Crippen molar-refractivity contribution in [2.75, 3.05) is 32.6 Å². The van der Waals surface area contributed by atoms with Crippen molar-refractivity contribution >= 4 is 11.6 Å². The van der Waals surface area contributed by atoms with Crippen molar-refractivity contribution in [1.82, 2.24) is 15.0 Å². The number of carbonyl (C=O) groups is 1. The fraction of sp³-hybridized carbons (Fsp3) is 0.400. The monoisotopic (exact) mass is 450 g/mol. The lowest BCUT2D eigenvalue weighted by Crippen LogP contribution is -2.40. The van der Waals surface area contributed by atoms with Crippen molar-refractivity contribution in [2.45, 2.75) is 32.7 Å². The second-order valence-electron chi connectivity index (χ2n) is 8.16. The minimum atomic E-state index is -0.0723. The first-order chi connectivity index (χ1) is 16.1. The van der Waals surface area contributed by atoms with Gasteiger partial charge in [-0.3, -0.25) is 9.69 Å². The Hall–Kier alpha value is -3.39. The van der Waals surface area contributed by atoms with Crippen molar-refractivity contribution in [3.63, 3.8) is 0 Å². The molecule has 1 amide bonds. The summed E-state index contributed by atoms with van der Waals surface area (Å²) in [5.74, 6) is 2.26. The lowest BCUT2D eigenvalue weighted by molar-refractivity contribution is -0.121. The summed E-state index contributed by atoms with van der Waals surface area (Å²) in [5, 5.41) is 7.25. The number of methoxy groups -OCH3 is 2. The molecule has 1 unspecified atom stereocenters. The van der Waals surface area contributed by atoms with E-state index in [0.717, 1.165) is 42.6 Å². The number of piperidine rings is 1. The second-order valence-corrected chi connectivity index (χ2v) is 8.16. The number of ether oxygens (including phenoxy) is 2. The summed E-state index contributed by atoms with van der Waals surface area (Å²) in [4.78, 5) is 19.7. The highest BCUT2D eigenvalue weighted by Gasteiger charge is 2.27. The zero-order chi connectivity index (χ0) is 23.2. The molecule has 33 heavy (non-hydrogen) atoms. The van der Waals surface area contributed by atoms with Gasteiger partial charge in [0.1, 0.15) is 0 Å². The van der Waals surface area contributed by atoms with Crippen LogP contribution in [0.1, 0.15) is 31.2 Å². The van der Waals surface area contributed by atoms with Gasteiger partial charge in [0.05, 0.1) is 26.7 Å². The fourth-order valence-electron chi connectivity index (χ4n) is 4.20. The SMILES string of the molecule is CCc1ccccc1NC(=O)C1CCCN(Cc2nc(-c3ccc(OC)c(OC)c3)no2)C1. The van der Waals surface area contributed by atoms with Gasteiger partial charge >= 0.3 is 0 Å². The molecule has 2 aromatic carbocycles. The van der Waals surface area contributed by atoms with Gasteiger partial charge < -0.3 is 19.3 Å². The summed E-state index contributed by atoms with van der Waals surface area (Å²) < 4.78 is 16.1. The van der Waals surface area contributed by atoms with Crippen LogP contribution >= 0.6 is 0 Å². The van der Waals surface area contributed by atoms with E-state index in [1.807, 2.05) is 42.5 Å². The zero-order valence-corrected chi connectivity index (χ0v) is 19.3. The second kappa shape index (κ2) is 10.5. The van der Waals surface area contributed by atoms with Gasteiger partial charge in [-0.05, 0) is 55.6 Å². The molecular weight excluding hydrogens is 420 g/mol. The summed E-state index contributed by atoms with van der Waals surface area (Å²) in [5.41, 5.74) is 2.83. The van der Waals surface area contributed by atoms with Crippen molar-refractivity contribution in [3.8, 4) is 22.9 Å². The van der Waals surface area contributed by atoms with Crippen LogP contribution in [-0.4, -0.2) is 48.3 Å². The topological polar surface area (TPSA) is 89.7 Å². The van der Waals surface area contributed by atoms with E-state index in [1.165, 1.54) is 0 Å². The Labute approximate surface area is 193 Å². The van der Waals surface area contributed by atoms with Crippen LogP contribution < -0.4 is 14.8 Å². The molecule has 1 aliphatic heterocycles. The van der Waals surface area contributed by atoms with Gasteiger partial charge in [0.15, 0.2) is 11.5 Å². The Bertz CT molecular complexity index is 1100. The summed E-state index contributed by atoms with van der Waals surface area (Å²) in [7, 11) is 3.19. The minimum Gasteiger partial charge on any atom is -0.493 e. The van der Waals surface area contributed by atoms with Crippen LogP contribution in [0.15, 0.2) is 47.0 Å². The van der Waals surface area contributed by atoms with Crippen molar-refractivity contribution in [3.05, 3.63) is 53.9 Å². The third kappa shape index (κ3) is 5.34. The van der Waals surface area contributed by atoms with Gasteiger partial charge in [-0.25, -0.2) is 0 Å². The smallest absolute Gasteiger partial charge is 0.241 e. The standard InChI is InChI=1S/C25H30N4O4/c1-4-17-8-5-6-10-20(17)26-25(30)19-9-7-13-29(15-19)16-23-27-24(28-33-23)18-11-12-21(31-2)22(14-18)32-3/h5-6,8,10-12,14,19H,4,7,9,13,15-16H2,1-3H3,(H,26,30). The molecule has 1 fully saturated rings. The number of aryl methyl sites for hydroxylation is 1. The van der Waals surface area contributed by atoms with E-state index in [-0.39, 0.29) is 11.8 Å². The molecule has 3 aromatic rings. The molecule has 4 rings (SSSR count). The summed E-state index contributed by atoms with van der Waals surface area (Å²) in [6.07, 6.45) is 2.70. The Morgan fingerprint density at radius 2 is 2.00 bits per heavy atom. The predicted molar refractivity (Wildman–Crippen MR) is 125 cm³/mol. The quantitative estimate of drug-likeness (QED) is 0.551. The molecule has 1 aliphatic rings. The van der Waals surface area contributed by atoms with E-state index in [0.29, 0.717) is 36.3 Å². The first-order valence-electron chi connectivity index (χ1n) is 11.3. The fourth-order valence-corrected chi connectivity index (χ4v) is 4.20. The highest BCUT2D eigenvalue weighted by atomic mass is 16.5. The average Bonchev–Trinajstić information content (AvgIpc) is 3.32. The first kappa shape index (κ1) is 22.8. The van der Waals surface area contributed by atoms with Crippen LogP contribution in [0.2, 0.25) is 0 Å². The molecule has 1 aromatic heterocycles. The number of aromatic nitrogens is 2. The molecule has 1 atom stereocenters. The number of benzene rings is 2. The van der Waals surface area contributed by atoms with Crippen LogP contribution in [-0.2, 0) is 17.8 Å². The third-order valence-electron chi connectivity index (χ3n) is 6.00. The van der Waals surface area contributed by atoms with Crippen molar-refractivity contribution < 1.29 is 18.8 Å². The Kier molecular flexibility index (Phi) is 7.24. The lowest BCUT2D eigenvalue weighted by Gasteiger charge is -2.31. The van der Waals surface area contributed by atoms with E-state index in [4.69, 9.17) is 14.0 Å². The number of nitrogens with zero attached hydrogens (tertiary/aromatic N) is 3. The third-order valence-corrected chi connectivity index (χ3v) is 6.00. The minimum absolute atomic E-state index is 0.0668. The van der Waals surface area contributed by atoms with Crippen LogP contribution in [0.5, 0.6) is 11.5 Å². The maximum atomic E-state index is 12.9. The van der Waals surface area contributed by atoms with E-state index in [2.05, 4.69) is 27.3 Å². The summed E-state index contributed by atoms with van der Waals surface area (Å²) >= 11 is 0. The number of amides is 1. The number of nitrogens with one attached hydrogen (secondary N) is 1. The van der Waals surface area contributed by atoms with Gasteiger partial charge in [-0.2, -0.15) is 4.98 Å². The van der Waals surface area contributed by atoms with E-state index in [1.54, 1.807) is 14.2 Å². The molecule has 1 N–H and O–H groups in total. The maximum absolute atomic E-state index is 12.9. The number of hydrogen-bond acceptors (Lipinski definition) is 7. The molecule has 0 spiro atoms. The van der Waals surface area contributed by atoms with Gasteiger partial charge in [0, 0.05) is 17.8 Å². The molecule has 0 saturated carbocycles.